The molecular formula is C9H9N3O2. The van der Waals surface area contributed by atoms with Crippen molar-refractivity contribution in [2.75, 3.05) is 17.6 Å². The molecule has 72 valence electrons. The van der Waals surface area contributed by atoms with Crippen LogP contribution in [0.15, 0.2) is 18.2 Å². The van der Waals surface area contributed by atoms with Crippen molar-refractivity contribution >= 4 is 17.3 Å². The van der Waals surface area contributed by atoms with E-state index in [0.29, 0.717) is 16.9 Å². The molecule has 0 aliphatic heterocycles. The van der Waals surface area contributed by atoms with E-state index < -0.39 is 5.97 Å². The number of carboxylic acids is 1. The molecule has 0 unspecified atom stereocenters. The van der Waals surface area contributed by atoms with Gasteiger partial charge < -0.3 is 16.2 Å². The zero-order chi connectivity index (χ0) is 10.6. The Hall–Kier alpha value is -2.22. The SMILES string of the molecule is N#Cc1ccc(NCC(=O)O)cc1N. The highest BCUT2D eigenvalue weighted by atomic mass is 16.4. The summed E-state index contributed by atoms with van der Waals surface area (Å²) in [6, 6.07) is 6.60. The molecule has 5 heteroatoms. The van der Waals surface area contributed by atoms with Crippen LogP contribution in [0.3, 0.4) is 0 Å². The fourth-order valence-corrected chi connectivity index (χ4v) is 0.952. The van der Waals surface area contributed by atoms with Gasteiger partial charge in [-0.15, -0.1) is 0 Å². The van der Waals surface area contributed by atoms with E-state index in [4.69, 9.17) is 16.1 Å². The lowest BCUT2D eigenvalue weighted by Crippen LogP contribution is -2.12. The van der Waals surface area contributed by atoms with Crippen LogP contribution in [-0.2, 0) is 4.79 Å². The molecule has 0 atom stereocenters. The standard InChI is InChI=1S/C9H9N3O2/c10-4-6-1-2-7(3-8(6)11)12-5-9(13)14/h1-3,12H,5,11H2,(H,13,14). The molecule has 1 rings (SSSR count). The molecule has 0 aromatic heterocycles. The van der Waals surface area contributed by atoms with Crippen LogP contribution in [0.2, 0.25) is 0 Å². The van der Waals surface area contributed by atoms with Crippen LogP contribution in [-0.4, -0.2) is 17.6 Å². The van der Waals surface area contributed by atoms with Crippen molar-refractivity contribution in [1.29, 1.82) is 5.26 Å². The summed E-state index contributed by atoms with van der Waals surface area (Å²) in [5.74, 6) is -0.951. The van der Waals surface area contributed by atoms with Gasteiger partial charge in [0, 0.05) is 5.69 Å². The second kappa shape index (κ2) is 4.14. The third kappa shape index (κ3) is 2.38. The third-order valence-electron chi connectivity index (χ3n) is 1.62. The van der Waals surface area contributed by atoms with Crippen molar-refractivity contribution in [3.63, 3.8) is 0 Å². The number of nitrogens with two attached hydrogens (primary N) is 1. The van der Waals surface area contributed by atoms with Gasteiger partial charge in [0.2, 0.25) is 0 Å². The average molecular weight is 191 g/mol. The molecular weight excluding hydrogens is 182 g/mol. The summed E-state index contributed by atoms with van der Waals surface area (Å²) in [5.41, 5.74) is 6.83. The number of carbonyl (C=O) groups is 1. The highest BCUT2D eigenvalue weighted by Gasteiger charge is 2.00. The lowest BCUT2D eigenvalue weighted by atomic mass is 10.2. The van der Waals surface area contributed by atoms with Crippen molar-refractivity contribution < 1.29 is 9.90 Å². The molecule has 1 aromatic rings. The van der Waals surface area contributed by atoms with Crippen molar-refractivity contribution in [2.45, 2.75) is 0 Å². The normalized spacial score (nSPS) is 9.07. The van der Waals surface area contributed by atoms with Crippen LogP contribution >= 0.6 is 0 Å². The van der Waals surface area contributed by atoms with Crippen molar-refractivity contribution in [1.82, 2.24) is 0 Å². The van der Waals surface area contributed by atoms with Crippen LogP contribution < -0.4 is 11.1 Å². The predicted molar refractivity (Wildman–Crippen MR) is 51.7 cm³/mol. The molecule has 0 bridgehead atoms. The van der Waals surface area contributed by atoms with E-state index in [2.05, 4.69) is 5.32 Å². The van der Waals surface area contributed by atoms with E-state index >= 15 is 0 Å². The van der Waals surface area contributed by atoms with Crippen LogP contribution in [0.4, 0.5) is 11.4 Å². The molecule has 0 spiro atoms. The Bertz CT molecular complexity index is 396. The molecule has 0 aliphatic rings. The van der Waals surface area contributed by atoms with E-state index in [0.717, 1.165) is 0 Å². The summed E-state index contributed by atoms with van der Waals surface area (Å²) in [4.78, 5) is 10.2. The van der Waals surface area contributed by atoms with E-state index in [1.165, 1.54) is 6.07 Å². The minimum absolute atomic E-state index is 0.175. The molecule has 0 heterocycles. The number of anilines is 2. The fourth-order valence-electron chi connectivity index (χ4n) is 0.952. The highest BCUT2D eigenvalue weighted by molar-refractivity contribution is 5.73. The van der Waals surface area contributed by atoms with Gasteiger partial charge in [-0.05, 0) is 18.2 Å². The zero-order valence-electron chi connectivity index (χ0n) is 7.32. The van der Waals surface area contributed by atoms with Gasteiger partial charge in [-0.25, -0.2) is 0 Å². The number of nitrogens with one attached hydrogen (secondary N) is 1. The minimum Gasteiger partial charge on any atom is -0.480 e. The number of nitrogen functional groups attached to an aromatic ring is 1. The first-order valence-electron chi connectivity index (χ1n) is 3.89. The highest BCUT2D eigenvalue weighted by Crippen LogP contribution is 2.16. The monoisotopic (exact) mass is 191 g/mol. The summed E-state index contributed by atoms with van der Waals surface area (Å²) in [5, 5.41) is 19.6. The van der Waals surface area contributed by atoms with Gasteiger partial charge in [-0.2, -0.15) is 5.26 Å². The Morgan fingerprint density at radius 3 is 2.86 bits per heavy atom. The van der Waals surface area contributed by atoms with E-state index in [9.17, 15) is 4.79 Å². The van der Waals surface area contributed by atoms with Crippen molar-refractivity contribution in [3.05, 3.63) is 23.8 Å². The van der Waals surface area contributed by atoms with Gasteiger partial charge in [-0.3, -0.25) is 4.79 Å². The Labute approximate surface area is 80.8 Å². The third-order valence-corrected chi connectivity index (χ3v) is 1.62. The molecule has 1 aromatic carbocycles. The average Bonchev–Trinajstić information content (AvgIpc) is 2.15. The lowest BCUT2D eigenvalue weighted by Gasteiger charge is -2.04. The van der Waals surface area contributed by atoms with E-state index in [-0.39, 0.29) is 6.54 Å². The predicted octanol–water partition coefficient (Wildman–Crippen LogP) is 0.637. The van der Waals surface area contributed by atoms with Crippen LogP contribution in [0.5, 0.6) is 0 Å². The van der Waals surface area contributed by atoms with Crippen LogP contribution in [0.25, 0.3) is 0 Å². The van der Waals surface area contributed by atoms with E-state index in [1.807, 2.05) is 6.07 Å². The topological polar surface area (TPSA) is 99.1 Å². The first-order chi connectivity index (χ1) is 6.63. The van der Waals surface area contributed by atoms with Gasteiger partial charge in [-0.1, -0.05) is 0 Å². The maximum Gasteiger partial charge on any atom is 0.322 e. The molecule has 4 N–H and O–H groups in total. The van der Waals surface area contributed by atoms with Gasteiger partial charge in [0.1, 0.15) is 12.6 Å². The molecule has 0 radical (unpaired) electrons. The maximum atomic E-state index is 10.2. The molecule has 0 saturated carbocycles. The summed E-state index contributed by atoms with van der Waals surface area (Å²) >= 11 is 0. The Balaban J connectivity index is 2.77. The second-order valence-electron chi connectivity index (χ2n) is 2.66. The minimum atomic E-state index is -0.951. The Morgan fingerprint density at radius 1 is 1.64 bits per heavy atom. The van der Waals surface area contributed by atoms with Gasteiger partial charge in [0.25, 0.3) is 0 Å². The number of hydrogen-bond acceptors (Lipinski definition) is 4. The summed E-state index contributed by atoms with van der Waals surface area (Å²) < 4.78 is 0. The number of rotatable bonds is 3. The summed E-state index contributed by atoms with van der Waals surface area (Å²) in [6.45, 7) is -0.175. The molecule has 14 heavy (non-hydrogen) atoms. The first-order valence-corrected chi connectivity index (χ1v) is 3.89. The molecule has 0 fully saturated rings. The molecule has 0 saturated heterocycles. The lowest BCUT2D eigenvalue weighted by molar-refractivity contribution is -0.134. The van der Waals surface area contributed by atoms with Gasteiger partial charge in [0.05, 0.1) is 11.3 Å². The zero-order valence-corrected chi connectivity index (χ0v) is 7.32. The second-order valence-corrected chi connectivity index (χ2v) is 2.66. The maximum absolute atomic E-state index is 10.2. The number of hydrogen-bond donors (Lipinski definition) is 3. The largest absolute Gasteiger partial charge is 0.480 e. The Kier molecular flexibility index (Phi) is 2.92. The van der Waals surface area contributed by atoms with Crippen LogP contribution in [0, 0.1) is 11.3 Å². The number of nitrogens with zero attached hydrogens (tertiary/aromatic N) is 1. The number of carboxylic acid groups (broad SMARTS) is 1. The molecule has 0 amide bonds. The molecule has 0 aliphatic carbocycles. The Morgan fingerprint density at radius 2 is 2.36 bits per heavy atom. The smallest absolute Gasteiger partial charge is 0.322 e. The number of benzene rings is 1. The number of aliphatic carboxylic acids is 1. The quantitative estimate of drug-likeness (QED) is 0.609. The first kappa shape index (κ1) is 9.86. The fraction of sp³-hybridized carbons (Fsp3) is 0.111. The summed E-state index contributed by atoms with van der Waals surface area (Å²) in [6.07, 6.45) is 0. The van der Waals surface area contributed by atoms with E-state index in [1.54, 1.807) is 12.1 Å². The summed E-state index contributed by atoms with van der Waals surface area (Å²) in [7, 11) is 0. The van der Waals surface area contributed by atoms with Crippen molar-refractivity contribution in [3.8, 4) is 6.07 Å². The van der Waals surface area contributed by atoms with Gasteiger partial charge >= 0.3 is 5.97 Å². The van der Waals surface area contributed by atoms with Gasteiger partial charge in [0.15, 0.2) is 0 Å². The molecule has 5 nitrogen and oxygen atoms in total. The van der Waals surface area contributed by atoms with Crippen LogP contribution in [0.1, 0.15) is 5.56 Å². The van der Waals surface area contributed by atoms with Crippen molar-refractivity contribution in [2.24, 2.45) is 0 Å². The number of nitriles is 1.